The lowest BCUT2D eigenvalue weighted by molar-refractivity contribution is 0.399. The second-order valence-corrected chi connectivity index (χ2v) is 3.94. The summed E-state index contributed by atoms with van der Waals surface area (Å²) < 4.78 is 10.8. The number of methoxy groups -OCH3 is 2. The molecular formula is C13H22N2O2. The van der Waals surface area contributed by atoms with Crippen molar-refractivity contribution in [3.63, 3.8) is 0 Å². The average molecular weight is 238 g/mol. The monoisotopic (exact) mass is 238 g/mol. The van der Waals surface area contributed by atoms with Crippen LogP contribution >= 0.6 is 0 Å². The van der Waals surface area contributed by atoms with Crippen molar-refractivity contribution < 1.29 is 9.47 Å². The zero-order valence-corrected chi connectivity index (χ0v) is 11.3. The molecule has 0 spiro atoms. The predicted octanol–water partition coefficient (Wildman–Crippen LogP) is 1.95. The fourth-order valence-corrected chi connectivity index (χ4v) is 1.79. The summed E-state index contributed by atoms with van der Waals surface area (Å²) >= 11 is 0. The third-order valence-electron chi connectivity index (χ3n) is 2.91. The van der Waals surface area contributed by atoms with Crippen LogP contribution < -0.4 is 20.1 Å². The summed E-state index contributed by atoms with van der Waals surface area (Å²) in [6.45, 7) is 5.82. The Morgan fingerprint density at radius 2 is 1.76 bits per heavy atom. The van der Waals surface area contributed by atoms with Crippen LogP contribution in [0.4, 0.5) is 5.69 Å². The number of anilines is 1. The summed E-state index contributed by atoms with van der Waals surface area (Å²) in [4.78, 5) is 0. The zero-order valence-electron chi connectivity index (χ0n) is 11.3. The van der Waals surface area contributed by atoms with Crippen molar-refractivity contribution in [2.45, 2.75) is 13.8 Å². The summed E-state index contributed by atoms with van der Waals surface area (Å²) in [5.74, 6) is 1.77. The first-order valence-electron chi connectivity index (χ1n) is 5.76. The minimum atomic E-state index is 0.846. The van der Waals surface area contributed by atoms with Gasteiger partial charge in [0.1, 0.15) is 11.5 Å². The van der Waals surface area contributed by atoms with Gasteiger partial charge >= 0.3 is 0 Å². The molecular weight excluding hydrogens is 216 g/mol. The smallest absolute Gasteiger partial charge is 0.145 e. The van der Waals surface area contributed by atoms with Gasteiger partial charge in [0.05, 0.1) is 19.9 Å². The summed E-state index contributed by atoms with van der Waals surface area (Å²) in [7, 11) is 5.31. The molecule has 1 aromatic carbocycles. The number of ether oxygens (including phenoxy) is 2. The molecule has 96 valence electrons. The molecule has 0 atom stereocenters. The van der Waals surface area contributed by atoms with Gasteiger partial charge in [-0.15, -0.1) is 0 Å². The molecule has 0 aliphatic carbocycles. The lowest BCUT2D eigenvalue weighted by atomic mass is 10.1. The van der Waals surface area contributed by atoms with E-state index in [4.69, 9.17) is 9.47 Å². The molecule has 0 aromatic heterocycles. The highest BCUT2D eigenvalue weighted by Gasteiger charge is 2.13. The second-order valence-electron chi connectivity index (χ2n) is 3.94. The van der Waals surface area contributed by atoms with E-state index < -0.39 is 0 Å². The van der Waals surface area contributed by atoms with Crippen molar-refractivity contribution in [2.75, 3.05) is 39.7 Å². The van der Waals surface area contributed by atoms with Crippen LogP contribution in [-0.2, 0) is 0 Å². The Hall–Kier alpha value is -1.42. The van der Waals surface area contributed by atoms with Crippen molar-refractivity contribution in [3.05, 3.63) is 17.2 Å². The average Bonchev–Trinajstić information content (AvgIpc) is 2.34. The molecule has 0 saturated heterocycles. The maximum absolute atomic E-state index is 5.45. The van der Waals surface area contributed by atoms with Crippen molar-refractivity contribution in [3.8, 4) is 11.5 Å². The van der Waals surface area contributed by atoms with E-state index in [0.717, 1.165) is 41.4 Å². The van der Waals surface area contributed by atoms with Crippen molar-refractivity contribution in [2.24, 2.45) is 0 Å². The Kier molecular flexibility index (Phi) is 5.10. The highest BCUT2D eigenvalue weighted by atomic mass is 16.5. The first kappa shape index (κ1) is 13.6. The van der Waals surface area contributed by atoms with Gasteiger partial charge in [0.15, 0.2) is 0 Å². The summed E-state index contributed by atoms with van der Waals surface area (Å²) in [6, 6.07) is 1.98. The van der Waals surface area contributed by atoms with Crippen LogP contribution in [-0.4, -0.2) is 34.4 Å². The van der Waals surface area contributed by atoms with E-state index in [-0.39, 0.29) is 0 Å². The van der Waals surface area contributed by atoms with E-state index in [1.54, 1.807) is 14.2 Å². The number of rotatable bonds is 6. The molecule has 4 heteroatoms. The molecule has 17 heavy (non-hydrogen) atoms. The van der Waals surface area contributed by atoms with E-state index in [0.29, 0.717) is 0 Å². The number of nitrogens with one attached hydrogen (secondary N) is 2. The zero-order chi connectivity index (χ0) is 12.8. The van der Waals surface area contributed by atoms with E-state index in [9.17, 15) is 0 Å². The van der Waals surface area contributed by atoms with Crippen LogP contribution in [0.15, 0.2) is 6.07 Å². The quantitative estimate of drug-likeness (QED) is 0.743. The summed E-state index contributed by atoms with van der Waals surface area (Å²) in [6.07, 6.45) is 0. The Bertz CT molecular complexity index is 378. The summed E-state index contributed by atoms with van der Waals surface area (Å²) in [5, 5.41) is 6.44. The molecule has 0 aliphatic heterocycles. The molecule has 0 amide bonds. The van der Waals surface area contributed by atoms with Crippen molar-refractivity contribution in [1.82, 2.24) is 5.32 Å². The van der Waals surface area contributed by atoms with E-state index in [2.05, 4.69) is 10.6 Å². The van der Waals surface area contributed by atoms with Gasteiger partial charge in [-0.3, -0.25) is 0 Å². The largest absolute Gasteiger partial charge is 0.496 e. The van der Waals surface area contributed by atoms with Gasteiger partial charge in [0.25, 0.3) is 0 Å². The SMILES string of the molecule is CNCCNc1cc(OC)c(C)c(C)c1OC. The van der Waals surface area contributed by atoms with Gasteiger partial charge in [-0.2, -0.15) is 0 Å². The Labute approximate surface area is 103 Å². The van der Waals surface area contributed by atoms with Crippen LogP contribution in [0.3, 0.4) is 0 Å². The third-order valence-corrected chi connectivity index (χ3v) is 2.91. The predicted molar refractivity (Wildman–Crippen MR) is 71.4 cm³/mol. The molecule has 0 fully saturated rings. The molecule has 1 aromatic rings. The van der Waals surface area contributed by atoms with Crippen LogP contribution in [0, 0.1) is 13.8 Å². The second kappa shape index (κ2) is 6.35. The molecule has 0 unspecified atom stereocenters. The maximum atomic E-state index is 5.45. The third kappa shape index (κ3) is 3.03. The minimum absolute atomic E-state index is 0.846. The molecule has 0 heterocycles. The first-order valence-corrected chi connectivity index (χ1v) is 5.76. The lowest BCUT2D eigenvalue weighted by Gasteiger charge is -2.17. The molecule has 0 bridgehead atoms. The Morgan fingerprint density at radius 1 is 1.06 bits per heavy atom. The molecule has 0 aliphatic rings. The number of hydrogen-bond acceptors (Lipinski definition) is 4. The van der Waals surface area contributed by atoms with Gasteiger partial charge in [-0.05, 0) is 32.0 Å². The van der Waals surface area contributed by atoms with Gasteiger partial charge in [0.2, 0.25) is 0 Å². The van der Waals surface area contributed by atoms with Gasteiger partial charge in [-0.1, -0.05) is 0 Å². The van der Waals surface area contributed by atoms with Gasteiger partial charge in [-0.25, -0.2) is 0 Å². The van der Waals surface area contributed by atoms with Crippen molar-refractivity contribution in [1.29, 1.82) is 0 Å². The van der Waals surface area contributed by atoms with E-state index in [1.165, 1.54) is 0 Å². The molecule has 4 nitrogen and oxygen atoms in total. The molecule has 1 rings (SSSR count). The molecule has 0 saturated carbocycles. The Morgan fingerprint density at radius 3 is 2.29 bits per heavy atom. The number of hydrogen-bond donors (Lipinski definition) is 2. The van der Waals surface area contributed by atoms with Crippen LogP contribution in [0.5, 0.6) is 11.5 Å². The van der Waals surface area contributed by atoms with Gasteiger partial charge in [0, 0.05) is 19.2 Å². The highest BCUT2D eigenvalue weighted by Crippen LogP contribution is 2.36. The normalized spacial score (nSPS) is 10.2. The molecule has 2 N–H and O–H groups in total. The fraction of sp³-hybridized carbons (Fsp3) is 0.538. The first-order chi connectivity index (χ1) is 8.15. The number of likely N-dealkylation sites (N-methyl/N-ethyl adjacent to an activating group) is 1. The molecule has 0 radical (unpaired) electrons. The summed E-state index contributed by atoms with van der Waals surface area (Å²) in [5.41, 5.74) is 3.20. The standard InChI is InChI=1S/C13H22N2O2/c1-9-10(2)13(17-5)11(8-12(9)16-4)15-7-6-14-3/h8,14-15H,6-7H2,1-5H3. The fourth-order valence-electron chi connectivity index (χ4n) is 1.79. The van der Waals surface area contributed by atoms with Crippen molar-refractivity contribution >= 4 is 5.69 Å². The minimum Gasteiger partial charge on any atom is -0.496 e. The van der Waals surface area contributed by atoms with Crippen LogP contribution in [0.25, 0.3) is 0 Å². The van der Waals surface area contributed by atoms with Crippen LogP contribution in [0.1, 0.15) is 11.1 Å². The maximum Gasteiger partial charge on any atom is 0.145 e. The lowest BCUT2D eigenvalue weighted by Crippen LogP contribution is -2.18. The van der Waals surface area contributed by atoms with Gasteiger partial charge < -0.3 is 20.1 Å². The van der Waals surface area contributed by atoms with E-state index >= 15 is 0 Å². The van der Waals surface area contributed by atoms with Crippen LogP contribution in [0.2, 0.25) is 0 Å². The van der Waals surface area contributed by atoms with E-state index in [1.807, 2.05) is 27.0 Å². The highest BCUT2D eigenvalue weighted by molar-refractivity contribution is 5.66. The number of benzene rings is 1. The Balaban J connectivity index is 3.04. The topological polar surface area (TPSA) is 42.5 Å².